The smallest absolute Gasteiger partial charge is 0.143 e. The fourth-order valence-corrected chi connectivity index (χ4v) is 8.37. The Hall–Kier alpha value is -7.42. The molecule has 0 aliphatic heterocycles. The van der Waals surface area contributed by atoms with E-state index in [9.17, 15) is 0 Å². The molecule has 56 heavy (non-hydrogen) atoms. The molecule has 0 unspecified atom stereocenters. The van der Waals surface area contributed by atoms with Gasteiger partial charge in [0.2, 0.25) is 0 Å². The molecule has 10 aromatic carbocycles. The first-order chi connectivity index (χ1) is 27.7. The molecule has 0 saturated heterocycles. The number of hydrogen-bond donors (Lipinski definition) is 0. The van der Waals surface area contributed by atoms with E-state index in [0.717, 1.165) is 55.5 Å². The van der Waals surface area contributed by atoms with Gasteiger partial charge in [-0.1, -0.05) is 146 Å². The van der Waals surface area contributed by atoms with E-state index in [-0.39, 0.29) is 0 Å². The van der Waals surface area contributed by atoms with Gasteiger partial charge in [-0.2, -0.15) is 0 Å². The summed E-state index contributed by atoms with van der Waals surface area (Å²) in [5.41, 5.74) is 12.2. The summed E-state index contributed by atoms with van der Waals surface area (Å²) in [6.45, 7) is 0. The Morgan fingerprint density at radius 3 is 1.43 bits per heavy atom. The third-order valence-electron chi connectivity index (χ3n) is 11.2. The third-order valence-corrected chi connectivity index (χ3v) is 11.2. The number of furan rings is 1. The molecular weight excluding hydrogens is 679 g/mol. The third kappa shape index (κ3) is 5.51. The first-order valence-corrected chi connectivity index (χ1v) is 19.2. The van der Waals surface area contributed by atoms with Gasteiger partial charge in [-0.25, -0.2) is 0 Å². The summed E-state index contributed by atoms with van der Waals surface area (Å²) in [6, 6.07) is 76.4. The van der Waals surface area contributed by atoms with Gasteiger partial charge in [0.15, 0.2) is 0 Å². The molecule has 0 saturated carbocycles. The van der Waals surface area contributed by atoms with E-state index in [1.165, 1.54) is 49.2 Å². The lowest BCUT2D eigenvalue weighted by atomic mass is 9.94. The van der Waals surface area contributed by atoms with Gasteiger partial charge in [0.25, 0.3) is 0 Å². The zero-order chi connectivity index (χ0) is 37.0. The summed E-state index contributed by atoms with van der Waals surface area (Å²) in [5.74, 6) is 0. The first-order valence-electron chi connectivity index (χ1n) is 19.2. The molecule has 0 aliphatic carbocycles. The summed E-state index contributed by atoms with van der Waals surface area (Å²) in [6.07, 6.45) is 0. The van der Waals surface area contributed by atoms with Crippen LogP contribution in [0.25, 0.3) is 87.6 Å². The number of nitrogens with zero attached hydrogens (tertiary/aromatic N) is 1. The van der Waals surface area contributed by atoms with Gasteiger partial charge < -0.3 is 9.32 Å². The normalized spacial score (nSPS) is 11.6. The lowest BCUT2D eigenvalue weighted by Crippen LogP contribution is -2.09. The molecule has 0 aliphatic rings. The van der Waals surface area contributed by atoms with Crippen molar-refractivity contribution < 1.29 is 4.42 Å². The van der Waals surface area contributed by atoms with Crippen molar-refractivity contribution in [3.8, 4) is 33.4 Å². The van der Waals surface area contributed by atoms with Gasteiger partial charge in [-0.15, -0.1) is 0 Å². The Kier molecular flexibility index (Phi) is 7.53. The van der Waals surface area contributed by atoms with Crippen LogP contribution in [0.4, 0.5) is 17.1 Å². The van der Waals surface area contributed by atoms with Crippen molar-refractivity contribution in [2.75, 3.05) is 4.90 Å². The van der Waals surface area contributed by atoms with Crippen LogP contribution in [-0.2, 0) is 0 Å². The van der Waals surface area contributed by atoms with Crippen molar-refractivity contribution in [2.24, 2.45) is 0 Å². The van der Waals surface area contributed by atoms with Crippen LogP contribution in [-0.4, -0.2) is 0 Å². The van der Waals surface area contributed by atoms with Crippen molar-refractivity contribution in [1.29, 1.82) is 0 Å². The second kappa shape index (κ2) is 13.2. The highest BCUT2D eigenvalue weighted by Crippen LogP contribution is 2.42. The van der Waals surface area contributed by atoms with E-state index in [0.29, 0.717) is 0 Å². The highest BCUT2D eigenvalue weighted by molar-refractivity contribution is 6.19. The molecule has 2 heteroatoms. The molecule has 1 heterocycles. The molecule has 2 nitrogen and oxygen atoms in total. The molecule has 0 bridgehead atoms. The largest absolute Gasteiger partial charge is 0.455 e. The minimum atomic E-state index is 0.897. The van der Waals surface area contributed by atoms with Crippen LogP contribution < -0.4 is 4.90 Å². The molecule has 0 atom stereocenters. The molecule has 11 aromatic rings. The predicted octanol–water partition coefficient (Wildman–Crippen LogP) is 15.5. The van der Waals surface area contributed by atoms with Gasteiger partial charge in [-0.3, -0.25) is 0 Å². The molecular formula is C54H35NO. The molecule has 0 radical (unpaired) electrons. The highest BCUT2D eigenvalue weighted by Gasteiger charge is 2.17. The fourth-order valence-electron chi connectivity index (χ4n) is 8.37. The van der Waals surface area contributed by atoms with Crippen molar-refractivity contribution in [3.05, 3.63) is 212 Å². The quantitative estimate of drug-likeness (QED) is 0.171. The SMILES string of the molecule is c1ccc(N(c2ccc(-c3ccc4ccccc4c3)cc2)c2ccc(-c3cc4c5ccc(-c6ccc7ccccc7c6)cc5oc4c4ccccc34)cc2)cc1. The monoisotopic (exact) mass is 713 g/mol. The van der Waals surface area contributed by atoms with Crippen LogP contribution in [0.15, 0.2) is 217 Å². The van der Waals surface area contributed by atoms with E-state index >= 15 is 0 Å². The molecule has 0 spiro atoms. The second-order valence-corrected chi connectivity index (χ2v) is 14.5. The Bertz CT molecular complexity index is 3230. The summed E-state index contributed by atoms with van der Waals surface area (Å²) in [7, 11) is 0. The van der Waals surface area contributed by atoms with Crippen LogP contribution in [0, 0.1) is 0 Å². The van der Waals surface area contributed by atoms with Crippen molar-refractivity contribution in [2.45, 2.75) is 0 Å². The lowest BCUT2D eigenvalue weighted by Gasteiger charge is -2.26. The zero-order valence-electron chi connectivity index (χ0n) is 30.6. The maximum atomic E-state index is 6.70. The van der Waals surface area contributed by atoms with Crippen LogP contribution in [0.2, 0.25) is 0 Å². The van der Waals surface area contributed by atoms with Crippen LogP contribution >= 0.6 is 0 Å². The summed E-state index contributed by atoms with van der Waals surface area (Å²) < 4.78 is 6.70. The molecule has 0 fully saturated rings. The Morgan fingerprint density at radius 1 is 0.286 bits per heavy atom. The fraction of sp³-hybridized carbons (Fsp3) is 0. The molecule has 262 valence electrons. The molecule has 11 rings (SSSR count). The summed E-state index contributed by atoms with van der Waals surface area (Å²) in [4.78, 5) is 2.33. The van der Waals surface area contributed by atoms with Gasteiger partial charge in [-0.05, 0) is 127 Å². The number of benzene rings is 10. The Balaban J connectivity index is 0.974. The number of anilines is 3. The van der Waals surface area contributed by atoms with E-state index in [1.807, 2.05) is 0 Å². The second-order valence-electron chi connectivity index (χ2n) is 14.5. The number of rotatable bonds is 6. The number of fused-ring (bicyclic) bond motifs is 7. The Labute approximate surface area is 325 Å². The minimum Gasteiger partial charge on any atom is -0.455 e. The van der Waals surface area contributed by atoms with E-state index in [4.69, 9.17) is 4.42 Å². The molecule has 0 N–H and O–H groups in total. The van der Waals surface area contributed by atoms with Gasteiger partial charge >= 0.3 is 0 Å². The summed E-state index contributed by atoms with van der Waals surface area (Å²) >= 11 is 0. The highest BCUT2D eigenvalue weighted by atomic mass is 16.3. The lowest BCUT2D eigenvalue weighted by molar-refractivity contribution is 0.673. The van der Waals surface area contributed by atoms with Crippen LogP contribution in [0.5, 0.6) is 0 Å². The molecule has 0 amide bonds. The minimum absolute atomic E-state index is 0.897. The van der Waals surface area contributed by atoms with Gasteiger partial charge in [0.05, 0.1) is 0 Å². The van der Waals surface area contributed by atoms with Crippen molar-refractivity contribution in [3.63, 3.8) is 0 Å². The van der Waals surface area contributed by atoms with Gasteiger partial charge in [0, 0.05) is 33.2 Å². The van der Waals surface area contributed by atoms with Crippen LogP contribution in [0.1, 0.15) is 0 Å². The Morgan fingerprint density at radius 2 is 0.768 bits per heavy atom. The number of para-hydroxylation sites is 1. The average Bonchev–Trinajstić information content (AvgIpc) is 3.65. The zero-order valence-corrected chi connectivity index (χ0v) is 30.6. The number of hydrogen-bond acceptors (Lipinski definition) is 2. The van der Waals surface area contributed by atoms with Crippen molar-refractivity contribution in [1.82, 2.24) is 0 Å². The maximum Gasteiger partial charge on any atom is 0.143 e. The standard InChI is InChI=1S/C54H35NO/c1-2-14-45(15-3-1)55(46-27-22-38(23-28-46)42-20-18-36-10-4-6-12-40(36)32-42)47-29-24-39(25-30-47)51-35-52-49-31-26-44(43-21-19-37-11-5-7-13-41(37)33-43)34-53(49)56-54(52)50-17-9-8-16-48(50)51/h1-35H. The summed E-state index contributed by atoms with van der Waals surface area (Å²) in [5, 5.41) is 9.51. The van der Waals surface area contributed by atoms with E-state index < -0.39 is 0 Å². The van der Waals surface area contributed by atoms with E-state index in [2.05, 4.69) is 217 Å². The first kappa shape index (κ1) is 32.0. The van der Waals surface area contributed by atoms with E-state index in [1.54, 1.807) is 0 Å². The maximum absolute atomic E-state index is 6.70. The van der Waals surface area contributed by atoms with Crippen molar-refractivity contribution >= 4 is 71.3 Å². The average molecular weight is 714 g/mol. The topological polar surface area (TPSA) is 16.4 Å². The van der Waals surface area contributed by atoms with Gasteiger partial charge in [0.1, 0.15) is 11.2 Å². The molecule has 1 aromatic heterocycles. The van der Waals surface area contributed by atoms with Crippen LogP contribution in [0.3, 0.4) is 0 Å². The predicted molar refractivity (Wildman–Crippen MR) is 237 cm³/mol.